The smallest absolute Gasteiger partial charge is 0.230 e. The molecule has 0 aliphatic heterocycles. The molecular weight excluding hydrogens is 274 g/mol. The van der Waals surface area contributed by atoms with E-state index in [1.165, 1.54) is 17.3 Å². The van der Waals surface area contributed by atoms with Crippen LogP contribution >= 0.6 is 11.8 Å². The summed E-state index contributed by atoms with van der Waals surface area (Å²) < 4.78 is 4.87. The first kappa shape index (κ1) is 14.6. The maximum Gasteiger partial charge on any atom is 0.230 e. The summed E-state index contributed by atoms with van der Waals surface area (Å²) in [6.45, 7) is 4.35. The van der Waals surface area contributed by atoms with Gasteiger partial charge in [0.05, 0.1) is 11.5 Å². The lowest BCUT2D eigenvalue weighted by molar-refractivity contribution is -0.118. The minimum Gasteiger partial charge on any atom is -0.351 e. The van der Waals surface area contributed by atoms with Crippen molar-refractivity contribution in [1.82, 2.24) is 15.5 Å². The molecule has 106 valence electrons. The number of hydrogen-bond acceptors (Lipinski definition) is 5. The highest BCUT2D eigenvalue weighted by Crippen LogP contribution is 2.09. The summed E-state index contributed by atoms with van der Waals surface area (Å²) in [6.07, 6.45) is 0. The van der Waals surface area contributed by atoms with Gasteiger partial charge in [-0.3, -0.25) is 4.79 Å². The van der Waals surface area contributed by atoms with E-state index in [2.05, 4.69) is 15.5 Å². The van der Waals surface area contributed by atoms with Crippen LogP contribution < -0.4 is 5.32 Å². The second kappa shape index (κ2) is 7.09. The van der Waals surface area contributed by atoms with Crippen molar-refractivity contribution in [3.05, 3.63) is 47.1 Å². The number of nitrogens with zero attached hydrogens (tertiary/aromatic N) is 2. The molecule has 0 atom stereocenters. The normalized spacial score (nSPS) is 10.5. The molecule has 1 aromatic carbocycles. The van der Waals surface area contributed by atoms with Crippen molar-refractivity contribution in [1.29, 1.82) is 0 Å². The number of carbonyl (C=O) groups is 1. The Kier molecular flexibility index (Phi) is 5.17. The summed E-state index contributed by atoms with van der Waals surface area (Å²) in [7, 11) is 0. The van der Waals surface area contributed by atoms with E-state index >= 15 is 0 Å². The van der Waals surface area contributed by atoms with Gasteiger partial charge in [-0.15, -0.1) is 11.8 Å². The van der Waals surface area contributed by atoms with Gasteiger partial charge in [0.15, 0.2) is 5.82 Å². The van der Waals surface area contributed by atoms with Gasteiger partial charge in [-0.25, -0.2) is 0 Å². The fourth-order valence-electron chi connectivity index (χ4n) is 1.69. The zero-order valence-corrected chi connectivity index (χ0v) is 12.4. The quantitative estimate of drug-likeness (QED) is 0.884. The third-order valence-corrected chi connectivity index (χ3v) is 3.70. The Bertz CT molecular complexity index is 583. The molecule has 0 bridgehead atoms. The van der Waals surface area contributed by atoms with E-state index in [4.69, 9.17) is 4.52 Å². The van der Waals surface area contributed by atoms with Gasteiger partial charge < -0.3 is 9.84 Å². The monoisotopic (exact) mass is 291 g/mol. The van der Waals surface area contributed by atoms with Gasteiger partial charge in [0, 0.05) is 13.5 Å². The molecule has 1 aromatic heterocycles. The number of rotatable bonds is 6. The minimum atomic E-state index is 0.0125. The van der Waals surface area contributed by atoms with Gasteiger partial charge >= 0.3 is 0 Å². The highest BCUT2D eigenvalue weighted by Gasteiger charge is 2.06. The molecule has 1 amide bonds. The van der Waals surface area contributed by atoms with Gasteiger partial charge in [-0.1, -0.05) is 29.4 Å². The number of thioether (sulfide) groups is 1. The Morgan fingerprint density at radius 2 is 2.15 bits per heavy atom. The standard InChI is InChI=1S/C14H17N3O2S/c1-10-5-3-4-6-12(10)7-15-14(18)9-20-8-13-16-11(2)19-17-13/h3-6H,7-9H2,1-2H3,(H,15,18). The number of amides is 1. The van der Waals surface area contributed by atoms with Crippen LogP contribution in [0.3, 0.4) is 0 Å². The number of carbonyl (C=O) groups excluding carboxylic acids is 1. The van der Waals surface area contributed by atoms with E-state index in [-0.39, 0.29) is 5.91 Å². The molecule has 5 nitrogen and oxygen atoms in total. The molecule has 0 aliphatic carbocycles. The maximum atomic E-state index is 11.7. The van der Waals surface area contributed by atoms with Gasteiger partial charge in [0.2, 0.25) is 11.8 Å². The van der Waals surface area contributed by atoms with Crippen LogP contribution in [0.1, 0.15) is 22.8 Å². The summed E-state index contributed by atoms with van der Waals surface area (Å²) in [5, 5.41) is 6.69. The number of benzene rings is 1. The number of nitrogens with one attached hydrogen (secondary N) is 1. The molecule has 0 fully saturated rings. The minimum absolute atomic E-state index is 0.0125. The van der Waals surface area contributed by atoms with Gasteiger partial charge in [0.1, 0.15) is 0 Å². The fourth-order valence-corrected chi connectivity index (χ4v) is 2.38. The second-order valence-corrected chi connectivity index (χ2v) is 5.41. The summed E-state index contributed by atoms with van der Waals surface area (Å²) in [6, 6.07) is 8.02. The second-order valence-electron chi connectivity index (χ2n) is 4.43. The lowest BCUT2D eigenvalue weighted by atomic mass is 10.1. The molecule has 2 aromatic rings. The van der Waals surface area contributed by atoms with Crippen LogP contribution in [0.5, 0.6) is 0 Å². The van der Waals surface area contributed by atoms with E-state index in [9.17, 15) is 4.79 Å². The van der Waals surface area contributed by atoms with E-state index in [0.29, 0.717) is 29.8 Å². The van der Waals surface area contributed by atoms with Crippen molar-refractivity contribution in [2.24, 2.45) is 0 Å². The highest BCUT2D eigenvalue weighted by molar-refractivity contribution is 7.99. The summed E-state index contributed by atoms with van der Waals surface area (Å²) in [4.78, 5) is 15.8. The van der Waals surface area contributed by atoms with Crippen LogP contribution in [0.4, 0.5) is 0 Å². The average Bonchev–Trinajstić information content (AvgIpc) is 2.83. The van der Waals surface area contributed by atoms with Gasteiger partial charge in [-0.05, 0) is 18.1 Å². The van der Waals surface area contributed by atoms with E-state index < -0.39 is 0 Å². The molecule has 0 spiro atoms. The van der Waals surface area contributed by atoms with Crippen molar-refractivity contribution in [3.8, 4) is 0 Å². The Balaban J connectivity index is 1.69. The number of aryl methyl sites for hydroxylation is 2. The van der Waals surface area contributed by atoms with Crippen LogP contribution in [-0.4, -0.2) is 21.8 Å². The molecular formula is C14H17N3O2S. The van der Waals surface area contributed by atoms with Crippen LogP contribution in [0, 0.1) is 13.8 Å². The topological polar surface area (TPSA) is 68.0 Å². The van der Waals surface area contributed by atoms with Gasteiger partial charge in [-0.2, -0.15) is 4.98 Å². The molecule has 0 radical (unpaired) electrons. The molecule has 1 N–H and O–H groups in total. The third kappa shape index (κ3) is 4.38. The molecule has 0 unspecified atom stereocenters. The lowest BCUT2D eigenvalue weighted by Crippen LogP contribution is -2.25. The van der Waals surface area contributed by atoms with Crippen LogP contribution in [0.25, 0.3) is 0 Å². The highest BCUT2D eigenvalue weighted by atomic mass is 32.2. The molecule has 0 aliphatic rings. The number of hydrogen-bond donors (Lipinski definition) is 1. The van der Waals surface area contributed by atoms with Crippen molar-refractivity contribution < 1.29 is 9.32 Å². The van der Waals surface area contributed by atoms with Gasteiger partial charge in [0.25, 0.3) is 0 Å². The molecule has 1 heterocycles. The molecule has 0 saturated carbocycles. The Morgan fingerprint density at radius 1 is 1.35 bits per heavy atom. The van der Waals surface area contributed by atoms with Crippen LogP contribution in [-0.2, 0) is 17.1 Å². The average molecular weight is 291 g/mol. The predicted octanol–water partition coefficient (Wildman–Crippen LogP) is 2.24. The summed E-state index contributed by atoms with van der Waals surface area (Å²) >= 11 is 1.47. The van der Waals surface area contributed by atoms with E-state index in [1.807, 2.05) is 31.2 Å². The third-order valence-electron chi connectivity index (χ3n) is 2.77. The zero-order valence-electron chi connectivity index (χ0n) is 11.5. The van der Waals surface area contributed by atoms with E-state index in [0.717, 1.165) is 5.56 Å². The summed E-state index contributed by atoms with van der Waals surface area (Å²) in [5.41, 5.74) is 2.32. The maximum absolute atomic E-state index is 11.7. The Hall–Kier alpha value is -1.82. The van der Waals surface area contributed by atoms with Crippen LogP contribution in [0.15, 0.2) is 28.8 Å². The van der Waals surface area contributed by atoms with Crippen molar-refractivity contribution >= 4 is 17.7 Å². The first-order valence-electron chi connectivity index (χ1n) is 6.33. The SMILES string of the molecule is Cc1nc(CSCC(=O)NCc2ccccc2C)no1. The van der Waals surface area contributed by atoms with Crippen molar-refractivity contribution in [3.63, 3.8) is 0 Å². The predicted molar refractivity (Wildman–Crippen MR) is 78.2 cm³/mol. The summed E-state index contributed by atoms with van der Waals surface area (Å²) in [5.74, 6) is 2.15. The first-order valence-corrected chi connectivity index (χ1v) is 7.49. The Morgan fingerprint density at radius 3 is 2.85 bits per heavy atom. The Labute approximate surface area is 122 Å². The van der Waals surface area contributed by atoms with Crippen molar-refractivity contribution in [2.45, 2.75) is 26.1 Å². The molecule has 0 saturated heterocycles. The van der Waals surface area contributed by atoms with Crippen LogP contribution in [0.2, 0.25) is 0 Å². The number of aromatic nitrogens is 2. The first-order chi connectivity index (χ1) is 9.65. The molecule has 20 heavy (non-hydrogen) atoms. The molecule has 2 rings (SSSR count). The van der Waals surface area contributed by atoms with Crippen molar-refractivity contribution in [2.75, 3.05) is 5.75 Å². The molecule has 6 heteroatoms. The van der Waals surface area contributed by atoms with E-state index in [1.54, 1.807) is 6.92 Å². The largest absolute Gasteiger partial charge is 0.351 e. The lowest BCUT2D eigenvalue weighted by Gasteiger charge is -2.07. The zero-order chi connectivity index (χ0) is 14.4. The fraction of sp³-hybridized carbons (Fsp3) is 0.357.